The Balaban J connectivity index is 2.11. The highest BCUT2D eigenvalue weighted by Gasteiger charge is 2.16. The lowest BCUT2D eigenvalue weighted by atomic mass is 10.1. The van der Waals surface area contributed by atoms with E-state index in [1.807, 2.05) is 6.07 Å². The summed E-state index contributed by atoms with van der Waals surface area (Å²) in [4.78, 5) is 0. The number of fused-ring (bicyclic) bond motifs is 1. The summed E-state index contributed by atoms with van der Waals surface area (Å²) in [6, 6.07) is 1.92. The van der Waals surface area contributed by atoms with Crippen LogP contribution in [0.2, 0.25) is 0 Å². The number of furan rings is 1. The number of hydrogen-bond donors (Lipinski definition) is 0. The van der Waals surface area contributed by atoms with Gasteiger partial charge in [0.15, 0.2) is 5.82 Å². The minimum atomic E-state index is 0.938. The number of aryl methyl sites for hydroxylation is 1. The summed E-state index contributed by atoms with van der Waals surface area (Å²) in [7, 11) is 0. The monoisotopic (exact) mass is 189 g/mol. The molecule has 1 aliphatic rings. The maximum atomic E-state index is 5.05. The molecule has 0 unspecified atom stereocenters. The zero-order valence-corrected chi connectivity index (χ0v) is 7.81. The van der Waals surface area contributed by atoms with Crippen LogP contribution in [0.25, 0.3) is 11.4 Å². The van der Waals surface area contributed by atoms with Gasteiger partial charge in [0.1, 0.15) is 12.1 Å². The second-order valence-corrected chi connectivity index (χ2v) is 3.56. The lowest BCUT2D eigenvalue weighted by molar-refractivity contribution is 0.525. The fourth-order valence-corrected chi connectivity index (χ4v) is 1.91. The second-order valence-electron chi connectivity index (χ2n) is 3.56. The molecule has 0 amide bonds. The van der Waals surface area contributed by atoms with Gasteiger partial charge in [-0.2, -0.15) is 0 Å². The van der Waals surface area contributed by atoms with Crippen LogP contribution in [0, 0.1) is 0 Å². The third-order valence-corrected chi connectivity index (χ3v) is 2.64. The van der Waals surface area contributed by atoms with Crippen molar-refractivity contribution in [2.45, 2.75) is 25.8 Å². The highest BCUT2D eigenvalue weighted by Crippen LogP contribution is 2.22. The number of nitrogens with zero attached hydrogens (tertiary/aromatic N) is 3. The van der Waals surface area contributed by atoms with Crippen LogP contribution in [0.1, 0.15) is 18.7 Å². The number of rotatable bonds is 1. The topological polar surface area (TPSA) is 43.9 Å². The fraction of sp³-hybridized carbons (Fsp3) is 0.400. The molecule has 0 N–H and O–H groups in total. The molecule has 0 saturated carbocycles. The van der Waals surface area contributed by atoms with Crippen LogP contribution in [0.15, 0.2) is 23.0 Å². The minimum Gasteiger partial charge on any atom is -0.472 e. The van der Waals surface area contributed by atoms with Gasteiger partial charge in [0, 0.05) is 13.0 Å². The molecule has 4 nitrogen and oxygen atoms in total. The molecule has 0 fully saturated rings. The van der Waals surface area contributed by atoms with E-state index in [0.29, 0.717) is 0 Å². The molecule has 3 heterocycles. The summed E-state index contributed by atoms with van der Waals surface area (Å²) < 4.78 is 7.24. The first-order chi connectivity index (χ1) is 6.95. The molecule has 2 aromatic rings. The third kappa shape index (κ3) is 1.07. The molecule has 0 atom stereocenters. The van der Waals surface area contributed by atoms with Crippen molar-refractivity contribution in [2.75, 3.05) is 0 Å². The standard InChI is InChI=1S/C10H11N3O/c1-2-5-13-9(3-1)11-12-10(13)8-4-6-14-7-8/h4,6-7H,1-3,5H2. The third-order valence-electron chi connectivity index (χ3n) is 2.64. The summed E-state index contributed by atoms with van der Waals surface area (Å²) in [6.07, 6.45) is 6.87. The predicted molar refractivity (Wildman–Crippen MR) is 50.7 cm³/mol. The van der Waals surface area contributed by atoms with E-state index in [1.165, 1.54) is 12.8 Å². The maximum absolute atomic E-state index is 5.05. The van der Waals surface area contributed by atoms with Crippen molar-refractivity contribution in [1.29, 1.82) is 0 Å². The van der Waals surface area contributed by atoms with Crippen molar-refractivity contribution < 1.29 is 4.42 Å². The summed E-state index contributed by atoms with van der Waals surface area (Å²) in [5.41, 5.74) is 1.02. The molecule has 3 rings (SSSR count). The van der Waals surface area contributed by atoms with E-state index in [9.17, 15) is 0 Å². The number of hydrogen-bond acceptors (Lipinski definition) is 3. The van der Waals surface area contributed by atoms with Crippen LogP contribution in [0.4, 0.5) is 0 Å². The number of aromatic nitrogens is 3. The first-order valence-corrected chi connectivity index (χ1v) is 4.90. The van der Waals surface area contributed by atoms with Gasteiger partial charge in [-0.25, -0.2) is 0 Å². The van der Waals surface area contributed by atoms with Gasteiger partial charge in [-0.05, 0) is 18.9 Å². The van der Waals surface area contributed by atoms with Crippen LogP contribution < -0.4 is 0 Å². The van der Waals surface area contributed by atoms with Crippen LogP contribution in [0.3, 0.4) is 0 Å². The Labute approximate surface area is 81.6 Å². The average molecular weight is 189 g/mol. The average Bonchev–Trinajstić information content (AvgIpc) is 2.85. The maximum Gasteiger partial charge on any atom is 0.167 e. The minimum absolute atomic E-state index is 0.938. The van der Waals surface area contributed by atoms with Crippen molar-refractivity contribution in [3.63, 3.8) is 0 Å². The van der Waals surface area contributed by atoms with Crippen molar-refractivity contribution in [3.05, 3.63) is 24.4 Å². The lowest BCUT2D eigenvalue weighted by Crippen LogP contribution is -2.11. The Bertz CT molecular complexity index is 430. The molecule has 14 heavy (non-hydrogen) atoms. The summed E-state index contributed by atoms with van der Waals surface area (Å²) in [6.45, 7) is 1.03. The van der Waals surface area contributed by atoms with Crippen molar-refractivity contribution >= 4 is 0 Å². The second kappa shape index (κ2) is 2.97. The van der Waals surface area contributed by atoms with E-state index in [1.54, 1.807) is 12.5 Å². The Morgan fingerprint density at radius 2 is 2.29 bits per heavy atom. The van der Waals surface area contributed by atoms with E-state index in [4.69, 9.17) is 4.42 Å². The van der Waals surface area contributed by atoms with Crippen molar-refractivity contribution in [1.82, 2.24) is 14.8 Å². The van der Waals surface area contributed by atoms with E-state index in [-0.39, 0.29) is 0 Å². The molecule has 0 saturated heterocycles. The van der Waals surface area contributed by atoms with E-state index >= 15 is 0 Å². The van der Waals surface area contributed by atoms with Crippen LogP contribution >= 0.6 is 0 Å². The largest absolute Gasteiger partial charge is 0.472 e. The molecule has 0 aromatic carbocycles. The molecule has 0 aliphatic carbocycles. The van der Waals surface area contributed by atoms with Crippen molar-refractivity contribution in [2.24, 2.45) is 0 Å². The lowest BCUT2D eigenvalue weighted by Gasteiger charge is -2.13. The van der Waals surface area contributed by atoms with Crippen LogP contribution in [0.5, 0.6) is 0 Å². The van der Waals surface area contributed by atoms with Gasteiger partial charge in [-0.15, -0.1) is 10.2 Å². The first kappa shape index (κ1) is 7.79. The van der Waals surface area contributed by atoms with Crippen molar-refractivity contribution in [3.8, 4) is 11.4 Å². The quantitative estimate of drug-likeness (QED) is 0.687. The van der Waals surface area contributed by atoms with Crippen LogP contribution in [-0.4, -0.2) is 14.8 Å². The zero-order chi connectivity index (χ0) is 9.38. The molecular weight excluding hydrogens is 178 g/mol. The molecule has 0 spiro atoms. The van der Waals surface area contributed by atoms with E-state index in [0.717, 1.165) is 30.2 Å². The highest BCUT2D eigenvalue weighted by molar-refractivity contribution is 5.53. The summed E-state index contributed by atoms with van der Waals surface area (Å²) in [5.74, 6) is 2.04. The van der Waals surface area contributed by atoms with Gasteiger partial charge in [-0.3, -0.25) is 0 Å². The molecule has 2 aromatic heterocycles. The Morgan fingerprint density at radius 1 is 1.29 bits per heavy atom. The Kier molecular flexibility index (Phi) is 1.65. The molecule has 4 heteroatoms. The van der Waals surface area contributed by atoms with E-state index < -0.39 is 0 Å². The van der Waals surface area contributed by atoms with Gasteiger partial charge >= 0.3 is 0 Å². The van der Waals surface area contributed by atoms with Gasteiger partial charge in [0.2, 0.25) is 0 Å². The highest BCUT2D eigenvalue weighted by atomic mass is 16.3. The summed E-state index contributed by atoms with van der Waals surface area (Å²) in [5, 5.41) is 8.38. The van der Waals surface area contributed by atoms with Gasteiger partial charge in [0.05, 0.1) is 11.8 Å². The van der Waals surface area contributed by atoms with Crippen LogP contribution in [-0.2, 0) is 13.0 Å². The normalized spacial score (nSPS) is 15.4. The zero-order valence-electron chi connectivity index (χ0n) is 7.81. The Hall–Kier alpha value is -1.58. The molecule has 1 aliphatic heterocycles. The molecule has 0 bridgehead atoms. The fourth-order valence-electron chi connectivity index (χ4n) is 1.91. The van der Waals surface area contributed by atoms with Gasteiger partial charge in [0.25, 0.3) is 0 Å². The van der Waals surface area contributed by atoms with E-state index in [2.05, 4.69) is 14.8 Å². The molecule has 0 radical (unpaired) electrons. The molecular formula is C10H11N3O. The smallest absolute Gasteiger partial charge is 0.167 e. The summed E-state index contributed by atoms with van der Waals surface area (Å²) >= 11 is 0. The predicted octanol–water partition coefficient (Wildman–Crippen LogP) is 1.87. The first-order valence-electron chi connectivity index (χ1n) is 4.90. The van der Waals surface area contributed by atoms with Gasteiger partial charge in [-0.1, -0.05) is 0 Å². The molecule has 72 valence electrons. The Morgan fingerprint density at radius 3 is 3.14 bits per heavy atom. The van der Waals surface area contributed by atoms with Gasteiger partial charge < -0.3 is 8.98 Å². The SMILES string of the molecule is c1cc(-c2nnc3n2CCCC3)co1.